The van der Waals surface area contributed by atoms with Crippen LogP contribution >= 0.6 is 0 Å². The third-order valence-electron chi connectivity index (χ3n) is 5.09. The third kappa shape index (κ3) is 3.18. The highest BCUT2D eigenvalue weighted by molar-refractivity contribution is 6.09. The number of rotatable bonds is 5. The van der Waals surface area contributed by atoms with Crippen molar-refractivity contribution in [2.24, 2.45) is 10.7 Å². The first-order valence-corrected chi connectivity index (χ1v) is 9.25. The Balaban J connectivity index is 1.77. The summed E-state index contributed by atoms with van der Waals surface area (Å²) in [5, 5.41) is 0. The normalized spacial score (nSPS) is 18.6. The average Bonchev–Trinajstić information content (AvgIpc) is 3.00. The van der Waals surface area contributed by atoms with Gasteiger partial charge in [-0.2, -0.15) is 0 Å². The molecular formula is C23H20N4O2. The molecule has 1 aromatic heterocycles. The van der Waals surface area contributed by atoms with Crippen LogP contribution in [-0.2, 0) is 16.8 Å². The quantitative estimate of drug-likeness (QED) is 0.685. The standard InChI is InChI=1S/C23H20N4O2/c1-27-21(29)23(26-22(27)24,17-9-3-2-4-10-17)18-11-7-8-16(14-18)15-20(28)19-12-5-6-13-25-19/h2-14H,15H2,1H3,(H2,24,26). The van der Waals surface area contributed by atoms with E-state index in [0.29, 0.717) is 11.3 Å². The molecule has 1 aliphatic heterocycles. The lowest BCUT2D eigenvalue weighted by molar-refractivity contribution is -0.129. The first kappa shape index (κ1) is 18.6. The second-order valence-electron chi connectivity index (χ2n) is 6.93. The van der Waals surface area contributed by atoms with E-state index < -0.39 is 5.54 Å². The number of carbonyl (C=O) groups is 2. The minimum atomic E-state index is -1.26. The van der Waals surface area contributed by atoms with Crippen LogP contribution in [0.3, 0.4) is 0 Å². The Morgan fingerprint density at radius 2 is 1.72 bits per heavy atom. The van der Waals surface area contributed by atoms with Crippen LogP contribution in [0.2, 0.25) is 0 Å². The van der Waals surface area contributed by atoms with Crippen molar-refractivity contribution >= 4 is 17.6 Å². The molecular weight excluding hydrogens is 364 g/mol. The van der Waals surface area contributed by atoms with Crippen molar-refractivity contribution in [1.29, 1.82) is 0 Å². The molecule has 6 nitrogen and oxygen atoms in total. The van der Waals surface area contributed by atoms with E-state index in [9.17, 15) is 9.59 Å². The topological polar surface area (TPSA) is 88.7 Å². The number of aromatic nitrogens is 1. The van der Waals surface area contributed by atoms with Crippen LogP contribution in [0.25, 0.3) is 0 Å². The van der Waals surface area contributed by atoms with Crippen LogP contribution in [0, 0.1) is 0 Å². The highest BCUT2D eigenvalue weighted by atomic mass is 16.2. The third-order valence-corrected chi connectivity index (χ3v) is 5.09. The number of Topliss-reactive ketones (excluding diaryl/α,β-unsaturated/α-hetero) is 1. The maximum atomic E-state index is 13.2. The van der Waals surface area contributed by atoms with Crippen molar-refractivity contribution in [2.45, 2.75) is 12.0 Å². The van der Waals surface area contributed by atoms with Gasteiger partial charge in [-0.05, 0) is 28.8 Å². The van der Waals surface area contributed by atoms with Crippen molar-refractivity contribution in [1.82, 2.24) is 9.88 Å². The molecule has 0 saturated carbocycles. The van der Waals surface area contributed by atoms with Crippen LogP contribution in [0.15, 0.2) is 84.0 Å². The van der Waals surface area contributed by atoms with Crippen molar-refractivity contribution < 1.29 is 9.59 Å². The van der Waals surface area contributed by atoms with Crippen molar-refractivity contribution in [3.63, 3.8) is 0 Å². The number of pyridine rings is 1. The van der Waals surface area contributed by atoms with Crippen molar-refractivity contribution in [3.8, 4) is 0 Å². The second kappa shape index (κ2) is 7.31. The van der Waals surface area contributed by atoms with Gasteiger partial charge < -0.3 is 5.73 Å². The minimum Gasteiger partial charge on any atom is -0.369 e. The van der Waals surface area contributed by atoms with Crippen LogP contribution in [0.4, 0.5) is 0 Å². The summed E-state index contributed by atoms with van der Waals surface area (Å²) in [7, 11) is 1.61. The lowest BCUT2D eigenvalue weighted by Crippen LogP contribution is -2.41. The number of hydrogen-bond acceptors (Lipinski definition) is 5. The Morgan fingerprint density at radius 1 is 1.00 bits per heavy atom. The van der Waals surface area contributed by atoms with Crippen LogP contribution < -0.4 is 5.73 Å². The van der Waals surface area contributed by atoms with E-state index in [4.69, 9.17) is 5.73 Å². The molecule has 0 aliphatic carbocycles. The molecule has 0 fully saturated rings. The monoisotopic (exact) mass is 384 g/mol. The van der Waals surface area contributed by atoms with Gasteiger partial charge in [0.2, 0.25) is 0 Å². The molecule has 0 bridgehead atoms. The van der Waals surface area contributed by atoms with Gasteiger partial charge in [0.15, 0.2) is 17.3 Å². The Bertz CT molecular complexity index is 1100. The van der Waals surface area contributed by atoms with Crippen LogP contribution in [0.1, 0.15) is 27.2 Å². The maximum absolute atomic E-state index is 13.2. The molecule has 0 spiro atoms. The average molecular weight is 384 g/mol. The van der Waals surface area contributed by atoms with Gasteiger partial charge in [0.05, 0.1) is 0 Å². The molecule has 1 amide bonds. The highest BCUT2D eigenvalue weighted by Gasteiger charge is 2.49. The van der Waals surface area contributed by atoms with Gasteiger partial charge in [-0.15, -0.1) is 0 Å². The van der Waals surface area contributed by atoms with E-state index in [1.807, 2.05) is 54.6 Å². The first-order valence-electron chi connectivity index (χ1n) is 9.25. The lowest BCUT2D eigenvalue weighted by Gasteiger charge is -2.26. The van der Waals surface area contributed by atoms with E-state index in [2.05, 4.69) is 9.98 Å². The summed E-state index contributed by atoms with van der Waals surface area (Å²) in [5.41, 5.74) is 7.34. The minimum absolute atomic E-state index is 0.0885. The predicted octanol–water partition coefficient (Wildman–Crippen LogP) is 2.54. The Labute approximate surface area is 168 Å². The zero-order chi connectivity index (χ0) is 20.4. The molecule has 1 unspecified atom stereocenters. The summed E-state index contributed by atoms with van der Waals surface area (Å²) in [6.07, 6.45) is 1.78. The number of nitrogens with two attached hydrogens (primary N) is 1. The number of ketones is 1. The summed E-state index contributed by atoms with van der Waals surface area (Å²) >= 11 is 0. The van der Waals surface area contributed by atoms with Gasteiger partial charge in [-0.25, -0.2) is 4.99 Å². The Morgan fingerprint density at radius 3 is 2.38 bits per heavy atom. The number of hydrogen-bond donors (Lipinski definition) is 1. The number of aliphatic imine (C=N–C) groups is 1. The summed E-state index contributed by atoms with van der Waals surface area (Å²) in [6.45, 7) is 0. The summed E-state index contributed by atoms with van der Waals surface area (Å²) < 4.78 is 0. The molecule has 2 heterocycles. The van der Waals surface area contributed by atoms with Crippen LogP contribution in [0.5, 0.6) is 0 Å². The SMILES string of the molecule is CN1C(=O)C(c2ccccc2)(c2cccc(CC(=O)c3ccccn3)c2)N=C1N. The first-order chi connectivity index (χ1) is 14.0. The Hall–Kier alpha value is -3.80. The van der Waals surface area contributed by atoms with Gasteiger partial charge in [-0.3, -0.25) is 19.5 Å². The van der Waals surface area contributed by atoms with E-state index in [1.165, 1.54) is 4.90 Å². The predicted molar refractivity (Wildman–Crippen MR) is 110 cm³/mol. The fraction of sp³-hybridized carbons (Fsp3) is 0.130. The molecule has 6 heteroatoms. The largest absolute Gasteiger partial charge is 0.369 e. The summed E-state index contributed by atoms with van der Waals surface area (Å²) in [6, 6.07) is 22.0. The van der Waals surface area contributed by atoms with Gasteiger partial charge in [0, 0.05) is 19.7 Å². The fourth-order valence-corrected chi connectivity index (χ4v) is 3.57. The van der Waals surface area contributed by atoms with Crippen molar-refractivity contribution in [2.75, 3.05) is 7.05 Å². The van der Waals surface area contributed by atoms with Gasteiger partial charge in [0.25, 0.3) is 5.91 Å². The van der Waals surface area contributed by atoms with Gasteiger partial charge in [0.1, 0.15) is 5.69 Å². The number of guanidine groups is 1. The van der Waals surface area contributed by atoms with E-state index >= 15 is 0 Å². The summed E-state index contributed by atoms with van der Waals surface area (Å²) in [4.78, 5) is 35.9. The number of carbonyl (C=O) groups excluding carboxylic acids is 2. The van der Waals surface area contributed by atoms with Gasteiger partial charge in [-0.1, -0.05) is 60.7 Å². The Kier molecular flexibility index (Phi) is 4.68. The van der Waals surface area contributed by atoms with E-state index in [0.717, 1.165) is 11.1 Å². The van der Waals surface area contributed by atoms with Crippen LogP contribution in [-0.4, -0.2) is 34.6 Å². The van der Waals surface area contributed by atoms with E-state index in [1.54, 1.807) is 31.4 Å². The van der Waals surface area contributed by atoms with E-state index in [-0.39, 0.29) is 24.1 Å². The number of nitrogens with zero attached hydrogens (tertiary/aromatic N) is 3. The molecule has 0 saturated heterocycles. The zero-order valence-corrected chi connectivity index (χ0v) is 15.9. The molecule has 1 aliphatic rings. The molecule has 144 valence electrons. The smallest absolute Gasteiger partial charge is 0.266 e. The molecule has 1 atom stereocenters. The zero-order valence-electron chi connectivity index (χ0n) is 15.9. The highest BCUT2D eigenvalue weighted by Crippen LogP contribution is 2.39. The number of benzene rings is 2. The maximum Gasteiger partial charge on any atom is 0.266 e. The number of amides is 1. The van der Waals surface area contributed by atoms with Crippen molar-refractivity contribution in [3.05, 3.63) is 101 Å². The molecule has 2 aromatic carbocycles. The molecule has 3 aromatic rings. The molecule has 4 rings (SSSR count). The lowest BCUT2D eigenvalue weighted by atomic mass is 9.82. The number of likely N-dealkylation sites (N-methyl/N-ethyl adjacent to an activating group) is 1. The summed E-state index contributed by atoms with van der Waals surface area (Å²) in [5.74, 6) is -0.155. The fourth-order valence-electron chi connectivity index (χ4n) is 3.57. The molecule has 0 radical (unpaired) electrons. The second-order valence-corrected chi connectivity index (χ2v) is 6.93. The molecule has 29 heavy (non-hydrogen) atoms. The van der Waals surface area contributed by atoms with Gasteiger partial charge >= 0.3 is 0 Å². The molecule has 2 N–H and O–H groups in total.